The number of halogens is 1. The van der Waals surface area contributed by atoms with Gasteiger partial charge in [-0.2, -0.15) is 0 Å². The van der Waals surface area contributed by atoms with E-state index in [9.17, 15) is 14.6 Å². The van der Waals surface area contributed by atoms with Gasteiger partial charge in [0.25, 0.3) is 0 Å². The largest absolute Gasteiger partial charge is 0.505 e. The summed E-state index contributed by atoms with van der Waals surface area (Å²) in [5, 5.41) is 28.5. The summed E-state index contributed by atoms with van der Waals surface area (Å²) in [6.07, 6.45) is 3.34. The van der Waals surface area contributed by atoms with Crippen molar-refractivity contribution in [1.82, 2.24) is 19.9 Å². The number of pyridine rings is 1. The van der Waals surface area contributed by atoms with Gasteiger partial charge in [-0.25, -0.2) is 4.39 Å². The third-order valence-corrected chi connectivity index (χ3v) is 5.37. The van der Waals surface area contributed by atoms with Crippen LogP contribution >= 0.6 is 0 Å². The normalized spacial score (nSPS) is 15.1. The summed E-state index contributed by atoms with van der Waals surface area (Å²) in [5.41, 5.74) is 1.18. The highest BCUT2D eigenvalue weighted by atomic mass is 19.1. The Hall–Kier alpha value is -3.36. The number of aromatic nitrogens is 2. The molecule has 1 saturated heterocycles. The van der Waals surface area contributed by atoms with Gasteiger partial charge in [0.2, 0.25) is 5.88 Å². The van der Waals surface area contributed by atoms with E-state index >= 15 is 0 Å². The number of phenolic OH excluding ortho intramolecular Hbond substituents is 1. The average Bonchev–Trinajstić information content (AvgIpc) is 3.10. The maximum Gasteiger partial charge on any atom is 0.203 e. The average molecular weight is 408 g/mol. The molecule has 1 aliphatic heterocycles. The lowest BCUT2D eigenvalue weighted by molar-refractivity contribution is -0.0637. The van der Waals surface area contributed by atoms with Crippen LogP contribution in [0.15, 0.2) is 48.8 Å². The third-order valence-electron chi connectivity index (χ3n) is 5.37. The van der Waals surface area contributed by atoms with Crippen molar-refractivity contribution < 1.29 is 19.4 Å². The smallest absolute Gasteiger partial charge is 0.203 e. The van der Waals surface area contributed by atoms with Crippen molar-refractivity contribution in [3.63, 3.8) is 0 Å². The van der Waals surface area contributed by atoms with E-state index in [2.05, 4.69) is 10.3 Å². The molecule has 0 spiro atoms. The van der Waals surface area contributed by atoms with Crippen LogP contribution in [-0.2, 0) is 6.54 Å². The molecule has 0 saturated carbocycles. The summed E-state index contributed by atoms with van der Waals surface area (Å²) in [6, 6.07) is 9.71. The van der Waals surface area contributed by atoms with Crippen LogP contribution in [0.5, 0.6) is 17.4 Å². The summed E-state index contributed by atoms with van der Waals surface area (Å²) in [5.74, 6) is 0.0384. The van der Waals surface area contributed by atoms with Gasteiger partial charge in [0.05, 0.1) is 17.3 Å². The molecule has 2 aromatic carbocycles. The number of fused-ring (bicyclic) bond motifs is 2. The molecule has 8 heteroatoms. The highest BCUT2D eigenvalue weighted by Gasteiger charge is 2.24. The molecule has 0 unspecified atom stereocenters. The minimum absolute atomic E-state index is 0.0930. The Bertz CT molecular complexity index is 1220. The van der Waals surface area contributed by atoms with E-state index in [0.717, 1.165) is 18.7 Å². The molecule has 4 aromatic rings. The third kappa shape index (κ3) is 3.20. The Balaban J connectivity index is 1.67. The molecule has 1 aliphatic rings. The minimum atomic E-state index is -0.317. The summed E-state index contributed by atoms with van der Waals surface area (Å²) in [7, 11) is 0. The zero-order valence-electron chi connectivity index (χ0n) is 16.2. The molecule has 7 nitrogen and oxygen atoms in total. The van der Waals surface area contributed by atoms with Gasteiger partial charge in [-0.3, -0.25) is 4.98 Å². The highest BCUT2D eigenvalue weighted by molar-refractivity contribution is 6.11. The van der Waals surface area contributed by atoms with Crippen LogP contribution < -0.4 is 10.2 Å². The zero-order chi connectivity index (χ0) is 20.7. The lowest BCUT2D eigenvalue weighted by Crippen LogP contribution is -2.45. The Morgan fingerprint density at radius 2 is 1.83 bits per heavy atom. The van der Waals surface area contributed by atoms with Gasteiger partial charge in [0.1, 0.15) is 11.3 Å². The Labute approximate surface area is 171 Å². The first kappa shape index (κ1) is 18.7. The number of hydroxylamine groups is 2. The fraction of sp³-hybridized carbons (Fsp3) is 0.227. The van der Waals surface area contributed by atoms with Crippen molar-refractivity contribution in [3.8, 4) is 17.4 Å². The van der Waals surface area contributed by atoms with E-state index in [1.807, 2.05) is 11.1 Å². The first-order valence-electron chi connectivity index (χ1n) is 9.81. The fourth-order valence-electron chi connectivity index (χ4n) is 3.86. The molecular weight excluding hydrogens is 387 g/mol. The summed E-state index contributed by atoms with van der Waals surface area (Å²) in [6.45, 7) is 3.37. The minimum Gasteiger partial charge on any atom is -0.505 e. The van der Waals surface area contributed by atoms with E-state index in [1.54, 1.807) is 35.2 Å². The van der Waals surface area contributed by atoms with Gasteiger partial charge in [0.15, 0.2) is 11.5 Å². The summed E-state index contributed by atoms with van der Waals surface area (Å²) in [4.78, 5) is 10.5. The number of nitrogens with one attached hydrogen (secondary N) is 1. The van der Waals surface area contributed by atoms with Gasteiger partial charge >= 0.3 is 0 Å². The molecule has 0 aliphatic carbocycles. The molecule has 154 valence electrons. The second-order valence-corrected chi connectivity index (χ2v) is 7.34. The summed E-state index contributed by atoms with van der Waals surface area (Å²) >= 11 is 0. The molecule has 2 aromatic heterocycles. The van der Waals surface area contributed by atoms with Crippen LogP contribution in [0.25, 0.3) is 21.7 Å². The Morgan fingerprint density at radius 3 is 2.60 bits per heavy atom. The van der Waals surface area contributed by atoms with Gasteiger partial charge in [-0.15, -0.1) is 5.06 Å². The number of nitrogens with zero attached hydrogens (tertiary/aromatic N) is 3. The topological polar surface area (TPSA) is 82.8 Å². The Kier molecular flexibility index (Phi) is 4.65. The van der Waals surface area contributed by atoms with Crippen molar-refractivity contribution >= 4 is 21.7 Å². The predicted molar refractivity (Wildman–Crippen MR) is 111 cm³/mol. The quantitative estimate of drug-likeness (QED) is 0.482. The lowest BCUT2D eigenvalue weighted by Gasteiger charge is -2.27. The number of benzene rings is 2. The first-order valence-corrected chi connectivity index (χ1v) is 9.81. The Morgan fingerprint density at radius 1 is 1.07 bits per heavy atom. The predicted octanol–water partition coefficient (Wildman–Crippen LogP) is 2.99. The van der Waals surface area contributed by atoms with Gasteiger partial charge < -0.3 is 24.9 Å². The molecule has 3 N–H and O–H groups in total. The van der Waals surface area contributed by atoms with Crippen LogP contribution in [0.2, 0.25) is 0 Å². The van der Waals surface area contributed by atoms with E-state index in [-0.39, 0.29) is 22.8 Å². The van der Waals surface area contributed by atoms with Crippen LogP contribution in [-0.4, -0.2) is 51.0 Å². The van der Waals surface area contributed by atoms with Crippen LogP contribution in [0, 0.1) is 5.82 Å². The maximum absolute atomic E-state index is 13.2. The molecule has 3 heterocycles. The van der Waals surface area contributed by atoms with E-state index in [1.165, 1.54) is 12.1 Å². The molecule has 1 fully saturated rings. The number of phenols is 1. The van der Waals surface area contributed by atoms with Crippen molar-refractivity contribution in [2.45, 2.75) is 6.54 Å². The fourth-order valence-corrected chi connectivity index (χ4v) is 3.86. The number of hydrogen-bond acceptors (Lipinski definition) is 6. The highest BCUT2D eigenvalue weighted by Crippen LogP contribution is 2.46. The van der Waals surface area contributed by atoms with Crippen LogP contribution in [0.4, 0.5) is 4.39 Å². The SMILES string of the molecule is Oc1c2ncccc2c(ON2CCNCC2)c2cn(Cc3ccc(F)cc3)c(O)c12. The van der Waals surface area contributed by atoms with E-state index in [0.29, 0.717) is 41.7 Å². The van der Waals surface area contributed by atoms with E-state index < -0.39 is 0 Å². The number of rotatable bonds is 4. The van der Waals surface area contributed by atoms with Crippen molar-refractivity contribution in [3.05, 3.63) is 60.2 Å². The number of aromatic hydroxyl groups is 2. The zero-order valence-corrected chi connectivity index (χ0v) is 16.2. The molecule has 0 radical (unpaired) electrons. The lowest BCUT2D eigenvalue weighted by atomic mass is 10.1. The van der Waals surface area contributed by atoms with E-state index in [4.69, 9.17) is 4.84 Å². The molecule has 0 amide bonds. The number of piperazine rings is 1. The van der Waals surface area contributed by atoms with Crippen molar-refractivity contribution in [1.29, 1.82) is 0 Å². The maximum atomic E-state index is 13.2. The number of hydrogen-bond donors (Lipinski definition) is 3. The molecule has 5 rings (SSSR count). The van der Waals surface area contributed by atoms with Crippen molar-refractivity contribution in [2.24, 2.45) is 0 Å². The van der Waals surface area contributed by atoms with Crippen LogP contribution in [0.1, 0.15) is 5.56 Å². The standard InChI is InChI=1S/C22H21FN4O3/c23-15-5-3-14(4-6-15)12-26-13-17-18(22(26)29)20(28)19-16(2-1-7-25-19)21(17)30-27-10-8-24-9-11-27/h1-7,13,24,28-29H,8-12H2. The van der Waals surface area contributed by atoms with Crippen LogP contribution in [0.3, 0.4) is 0 Å². The molecule has 0 bridgehead atoms. The monoisotopic (exact) mass is 408 g/mol. The van der Waals surface area contributed by atoms with Crippen molar-refractivity contribution in [2.75, 3.05) is 26.2 Å². The van der Waals surface area contributed by atoms with Gasteiger partial charge in [-0.05, 0) is 29.8 Å². The second-order valence-electron chi connectivity index (χ2n) is 7.34. The van der Waals surface area contributed by atoms with Gasteiger partial charge in [-0.1, -0.05) is 12.1 Å². The molecule has 30 heavy (non-hydrogen) atoms. The van der Waals surface area contributed by atoms with Gasteiger partial charge in [0, 0.05) is 44.0 Å². The summed E-state index contributed by atoms with van der Waals surface area (Å²) < 4.78 is 14.9. The molecule has 0 atom stereocenters. The first-order chi connectivity index (χ1) is 14.6. The second kappa shape index (κ2) is 7.47. The molecular formula is C22H21FN4O3.